The molecule has 6 atom stereocenters. The van der Waals surface area contributed by atoms with Crippen LogP contribution >= 0.6 is 7.75 Å². The highest BCUT2D eigenvalue weighted by atomic mass is 31.2. The van der Waals surface area contributed by atoms with Gasteiger partial charge < -0.3 is 19.1 Å². The molecule has 0 spiro atoms. The molecule has 1 fully saturated rings. The van der Waals surface area contributed by atoms with Gasteiger partial charge in [-0.15, -0.1) is 0 Å². The molecular weight excluding hydrogens is 500 g/mol. The van der Waals surface area contributed by atoms with E-state index in [1.54, 1.807) is 24.9 Å². The Bertz CT molecular complexity index is 1410. The van der Waals surface area contributed by atoms with Crippen LogP contribution in [0.15, 0.2) is 52.2 Å². The van der Waals surface area contributed by atoms with Crippen LogP contribution in [0, 0.1) is 0 Å². The van der Waals surface area contributed by atoms with Gasteiger partial charge in [0.1, 0.15) is 24.0 Å². The number of nitrogens with zero attached hydrogens (tertiary/aromatic N) is 1. The van der Waals surface area contributed by atoms with E-state index in [0.717, 1.165) is 6.07 Å². The van der Waals surface area contributed by atoms with E-state index in [-0.39, 0.29) is 5.75 Å². The number of hydrogen-bond donors (Lipinski definition) is 3. The molecule has 1 aromatic carbocycles. The number of carbonyl (C=O) groups is 1. The van der Waals surface area contributed by atoms with Gasteiger partial charge in [0.15, 0.2) is 11.9 Å². The van der Waals surface area contributed by atoms with Crippen LogP contribution in [0.5, 0.6) is 5.75 Å². The largest absolute Gasteiger partial charge is 0.462 e. The minimum Gasteiger partial charge on any atom is -0.462 e. The summed E-state index contributed by atoms with van der Waals surface area (Å²) in [4.78, 5) is 38.0. The number of aromatic amines is 1. The maximum atomic E-state index is 16.3. The predicted molar refractivity (Wildman–Crippen MR) is 125 cm³/mol. The number of aromatic nitrogens is 2. The van der Waals surface area contributed by atoms with Gasteiger partial charge in [0.05, 0.1) is 15.4 Å². The first-order chi connectivity index (χ1) is 18.8. The molecule has 2 heterocycles. The number of rotatable bonds is 10. The summed E-state index contributed by atoms with van der Waals surface area (Å²) in [5, 5.41) is 13.0. The van der Waals surface area contributed by atoms with Crippen molar-refractivity contribution in [2.75, 3.05) is 6.56 Å². The van der Waals surface area contributed by atoms with Crippen LogP contribution in [0.2, 0.25) is 0 Å². The molecule has 1 aliphatic heterocycles. The molecule has 0 radical (unpaired) electrons. The summed E-state index contributed by atoms with van der Waals surface area (Å²) in [5.74, 6) is -1.03. The highest BCUT2D eigenvalue weighted by molar-refractivity contribution is 7.52. The summed E-state index contributed by atoms with van der Waals surface area (Å²) in [5.41, 5.74) is -6.06. The van der Waals surface area contributed by atoms with E-state index in [2.05, 4.69) is 5.09 Å². The number of halogens is 1. The van der Waals surface area contributed by atoms with Gasteiger partial charge in [0.25, 0.3) is 5.56 Å². The van der Waals surface area contributed by atoms with Crippen LogP contribution in [0.4, 0.5) is 4.39 Å². The van der Waals surface area contributed by atoms with Crippen molar-refractivity contribution in [3.8, 4) is 5.75 Å². The number of hydrogen-bond acceptors (Lipinski definition) is 9. The SMILES string of the molecule is [2H]C([2H])(O[P@@](=O)(N[C@@H](C)C(=O)OC(C)C)Oc1ccccc1)[C@H]1O[C@@H](n2ccc(=O)[nH]c2=O)[C@@](F)(C([2H])([2H])[2H])[C@@H]1O. The van der Waals surface area contributed by atoms with Gasteiger partial charge >= 0.3 is 19.4 Å². The number of ether oxygens (including phenoxy) is 2. The Labute approximate surface area is 213 Å². The molecule has 3 rings (SSSR count). The summed E-state index contributed by atoms with van der Waals surface area (Å²) in [6.07, 6.45) is -7.75. The van der Waals surface area contributed by atoms with Gasteiger partial charge in [0, 0.05) is 16.4 Å². The molecule has 198 valence electrons. The summed E-state index contributed by atoms with van der Waals surface area (Å²) in [6, 6.07) is 6.54. The molecule has 0 unspecified atom stereocenters. The van der Waals surface area contributed by atoms with Crippen LogP contribution in [0.3, 0.4) is 0 Å². The standard InChI is InChI=1S/C22H29FN3O9P/c1-13(2)33-19(29)14(3)25-36(31,35-15-8-6-5-7-9-15)32-12-16-18(28)22(4,23)20(34-16)26-11-10-17(27)24-21(26)30/h5-11,13-14,16,18,20,28H,12H2,1-4H3,(H,25,31)(H,24,27,30)/t14-,16+,18+,20+,22+,36-/m0/s1/i4D3,12D2. The van der Waals surface area contributed by atoms with Crippen LogP contribution in [0.1, 0.15) is 40.7 Å². The van der Waals surface area contributed by atoms with Crippen LogP contribution < -0.4 is 20.9 Å². The van der Waals surface area contributed by atoms with Crippen LogP contribution in [-0.4, -0.2) is 57.2 Å². The fourth-order valence-corrected chi connectivity index (χ4v) is 4.45. The molecule has 0 saturated carbocycles. The number of H-pyrrole nitrogens is 1. The first-order valence-corrected chi connectivity index (χ1v) is 12.2. The fraction of sp³-hybridized carbons (Fsp3) is 0.500. The van der Waals surface area contributed by atoms with E-state index in [0.29, 0.717) is 10.8 Å². The highest BCUT2D eigenvalue weighted by Gasteiger charge is 2.55. The van der Waals surface area contributed by atoms with Crippen molar-refractivity contribution in [3.05, 3.63) is 63.4 Å². The molecule has 0 bridgehead atoms. The zero-order chi connectivity index (χ0) is 31.0. The first-order valence-electron chi connectivity index (χ1n) is 13.2. The van der Waals surface area contributed by atoms with Crippen molar-refractivity contribution < 1.29 is 44.2 Å². The lowest BCUT2D eigenvalue weighted by Gasteiger charge is -2.25. The minimum absolute atomic E-state index is 0.114. The van der Waals surface area contributed by atoms with E-state index in [9.17, 15) is 24.1 Å². The Morgan fingerprint density at radius 3 is 2.67 bits per heavy atom. The average Bonchev–Trinajstić information content (AvgIpc) is 3.11. The second kappa shape index (κ2) is 11.1. The third-order valence-electron chi connectivity index (χ3n) is 4.77. The van der Waals surface area contributed by atoms with E-state index in [1.807, 2.05) is 0 Å². The maximum Gasteiger partial charge on any atom is 0.459 e. The van der Waals surface area contributed by atoms with E-state index >= 15 is 4.39 Å². The average molecular weight is 534 g/mol. The Morgan fingerprint density at radius 2 is 2.06 bits per heavy atom. The van der Waals surface area contributed by atoms with Crippen molar-refractivity contribution >= 4 is 13.7 Å². The normalized spacial score (nSPS) is 29.2. The second-order valence-corrected chi connectivity index (χ2v) is 9.71. The zero-order valence-corrected chi connectivity index (χ0v) is 20.3. The number of para-hydroxylation sites is 1. The monoisotopic (exact) mass is 534 g/mol. The van der Waals surface area contributed by atoms with Crippen LogP contribution in [-0.2, 0) is 23.4 Å². The summed E-state index contributed by atoms with van der Waals surface area (Å²) >= 11 is 0. The lowest BCUT2D eigenvalue weighted by molar-refractivity contribution is -0.149. The number of aliphatic hydroxyl groups is 1. The molecule has 0 aliphatic carbocycles. The number of alkyl halides is 1. The molecule has 36 heavy (non-hydrogen) atoms. The molecule has 0 amide bonds. The van der Waals surface area contributed by atoms with Gasteiger partial charge in [0.2, 0.25) is 0 Å². The predicted octanol–water partition coefficient (Wildman–Crippen LogP) is 1.66. The molecule has 1 saturated heterocycles. The number of nitrogens with one attached hydrogen (secondary N) is 2. The van der Waals surface area contributed by atoms with E-state index in [1.165, 1.54) is 31.2 Å². The fourth-order valence-electron chi connectivity index (χ4n) is 3.09. The Balaban J connectivity index is 2.02. The second-order valence-electron chi connectivity index (χ2n) is 8.09. The van der Waals surface area contributed by atoms with E-state index < -0.39 is 74.6 Å². The zero-order valence-electron chi connectivity index (χ0n) is 24.4. The molecule has 3 N–H and O–H groups in total. The third-order valence-corrected chi connectivity index (χ3v) is 6.27. The number of esters is 1. The molecule has 14 heteroatoms. The van der Waals surface area contributed by atoms with Crippen molar-refractivity contribution in [2.45, 2.75) is 63.9 Å². The Morgan fingerprint density at radius 1 is 1.36 bits per heavy atom. The topological polar surface area (TPSA) is 158 Å². The minimum atomic E-state index is -4.98. The summed E-state index contributed by atoms with van der Waals surface area (Å²) in [7, 11) is -4.98. The summed E-state index contributed by atoms with van der Waals surface area (Å²) in [6.45, 7) is -2.89. The molecule has 2 aromatic rings. The molecule has 1 aliphatic rings. The lowest BCUT2D eigenvalue weighted by atomic mass is 9.98. The Kier molecular flexibility index (Phi) is 6.53. The molecule has 12 nitrogen and oxygen atoms in total. The van der Waals surface area contributed by atoms with E-state index in [4.69, 9.17) is 25.4 Å². The lowest BCUT2D eigenvalue weighted by Crippen LogP contribution is -2.43. The smallest absolute Gasteiger partial charge is 0.459 e. The van der Waals surface area contributed by atoms with Crippen molar-refractivity contribution in [1.82, 2.24) is 14.6 Å². The number of benzene rings is 1. The first kappa shape index (κ1) is 21.3. The van der Waals surface area contributed by atoms with Crippen molar-refractivity contribution in [2.24, 2.45) is 0 Å². The van der Waals surface area contributed by atoms with Crippen molar-refractivity contribution in [3.63, 3.8) is 0 Å². The van der Waals surface area contributed by atoms with Gasteiger partial charge in [-0.25, -0.2) is 13.8 Å². The van der Waals surface area contributed by atoms with Gasteiger partial charge in [-0.2, -0.15) is 5.09 Å². The van der Waals surface area contributed by atoms with Crippen LogP contribution in [0.25, 0.3) is 0 Å². The quantitative estimate of drug-likeness (QED) is 0.302. The number of carbonyl (C=O) groups excluding carboxylic acids is 1. The maximum absolute atomic E-state index is 16.3. The highest BCUT2D eigenvalue weighted by Crippen LogP contribution is 2.47. The third kappa shape index (κ3) is 6.48. The molecular formula is C22H29FN3O9P. The van der Waals surface area contributed by atoms with Crippen molar-refractivity contribution in [1.29, 1.82) is 0 Å². The van der Waals surface area contributed by atoms with Gasteiger partial charge in [-0.1, -0.05) is 18.2 Å². The van der Waals surface area contributed by atoms with Gasteiger partial charge in [-0.3, -0.25) is 23.7 Å². The van der Waals surface area contributed by atoms with Gasteiger partial charge in [-0.05, 0) is 39.8 Å². The summed E-state index contributed by atoms with van der Waals surface area (Å²) < 4.78 is 91.1. The Hall–Kier alpha value is -2.83. The molecule has 1 aromatic heterocycles. The number of aliphatic hydroxyl groups excluding tert-OH is 1.